The van der Waals surface area contributed by atoms with Crippen LogP contribution in [0.3, 0.4) is 0 Å². The van der Waals surface area contributed by atoms with Crippen molar-refractivity contribution in [2.24, 2.45) is 5.73 Å². The van der Waals surface area contributed by atoms with Crippen LogP contribution in [0.4, 0.5) is 0 Å². The average molecular weight is 185 g/mol. The van der Waals surface area contributed by atoms with Gasteiger partial charge in [0.25, 0.3) is 0 Å². The molecule has 0 saturated carbocycles. The maximum absolute atomic E-state index is 10.6. The van der Waals surface area contributed by atoms with Crippen molar-refractivity contribution < 1.29 is 14.7 Å². The predicted octanol–water partition coefficient (Wildman–Crippen LogP) is 1.06. The maximum atomic E-state index is 10.6. The lowest BCUT2D eigenvalue weighted by Gasteiger charge is -1.99. The highest BCUT2D eigenvalue weighted by molar-refractivity contribution is 5.96. The van der Waals surface area contributed by atoms with Gasteiger partial charge < -0.3 is 10.8 Å². The molecular weight excluding hydrogens is 170 g/mol. The van der Waals surface area contributed by atoms with E-state index in [2.05, 4.69) is 0 Å². The maximum Gasteiger partial charge on any atom is 0.331 e. The van der Waals surface area contributed by atoms with E-state index in [0.717, 1.165) is 25.3 Å². The van der Waals surface area contributed by atoms with Crippen molar-refractivity contribution in [3.05, 3.63) is 11.6 Å². The number of carbonyl (C=O) groups excluding carboxylic acids is 1. The molecule has 0 aromatic carbocycles. The second-order valence-electron chi connectivity index (χ2n) is 2.83. The van der Waals surface area contributed by atoms with Crippen LogP contribution in [0.25, 0.3) is 0 Å². The van der Waals surface area contributed by atoms with Gasteiger partial charge in [-0.15, -0.1) is 0 Å². The molecule has 0 aliphatic rings. The summed E-state index contributed by atoms with van der Waals surface area (Å²) in [5.41, 5.74) is 4.95. The molecular formula is C9H15NO3. The summed E-state index contributed by atoms with van der Waals surface area (Å²) >= 11 is 0. The first-order valence-corrected chi connectivity index (χ1v) is 4.31. The molecule has 0 atom stereocenters. The van der Waals surface area contributed by atoms with Crippen LogP contribution in [-0.4, -0.2) is 17.0 Å². The van der Waals surface area contributed by atoms with Gasteiger partial charge in [0, 0.05) is 11.6 Å². The Labute approximate surface area is 77.4 Å². The zero-order valence-electron chi connectivity index (χ0n) is 7.75. The van der Waals surface area contributed by atoms with Gasteiger partial charge in [0.1, 0.15) is 0 Å². The molecule has 0 aliphatic heterocycles. The Kier molecular flexibility index (Phi) is 5.59. The number of carbonyl (C=O) groups is 2. The number of carboxylic acid groups (broad SMARTS) is 1. The molecule has 4 nitrogen and oxygen atoms in total. The number of amides is 1. The average Bonchev–Trinajstić information content (AvgIpc) is 2.02. The van der Waals surface area contributed by atoms with Gasteiger partial charge in [-0.25, -0.2) is 4.79 Å². The summed E-state index contributed by atoms with van der Waals surface area (Å²) in [7, 11) is 0. The summed E-state index contributed by atoms with van der Waals surface area (Å²) in [6.45, 7) is 2.03. The number of carboxylic acids is 1. The zero-order chi connectivity index (χ0) is 10.3. The minimum atomic E-state index is -1.06. The van der Waals surface area contributed by atoms with E-state index in [1.807, 2.05) is 6.92 Å². The van der Waals surface area contributed by atoms with Crippen molar-refractivity contribution in [1.29, 1.82) is 0 Å². The molecule has 0 fully saturated rings. The standard InChI is InChI=1S/C9H15NO3/c1-2-3-4-5-7(9(12)13)6-8(10)11/h6H,2-5H2,1H3,(H2,10,11)(H,12,13). The van der Waals surface area contributed by atoms with Crippen LogP contribution in [0.2, 0.25) is 0 Å². The summed E-state index contributed by atoms with van der Waals surface area (Å²) in [6.07, 6.45) is 4.15. The number of unbranched alkanes of at least 4 members (excludes halogenated alkanes) is 2. The zero-order valence-corrected chi connectivity index (χ0v) is 7.75. The molecule has 13 heavy (non-hydrogen) atoms. The van der Waals surface area contributed by atoms with Crippen LogP contribution < -0.4 is 5.73 Å². The molecule has 0 saturated heterocycles. The molecule has 0 radical (unpaired) electrons. The van der Waals surface area contributed by atoms with Crippen LogP contribution in [0.5, 0.6) is 0 Å². The van der Waals surface area contributed by atoms with Crippen molar-refractivity contribution >= 4 is 11.9 Å². The highest BCUT2D eigenvalue weighted by atomic mass is 16.4. The van der Waals surface area contributed by atoms with E-state index in [1.165, 1.54) is 0 Å². The first kappa shape index (κ1) is 11.7. The van der Waals surface area contributed by atoms with Gasteiger partial charge >= 0.3 is 5.97 Å². The molecule has 3 N–H and O–H groups in total. The first-order valence-electron chi connectivity index (χ1n) is 4.31. The normalized spacial score (nSPS) is 11.3. The van der Waals surface area contributed by atoms with E-state index in [4.69, 9.17) is 10.8 Å². The Morgan fingerprint density at radius 1 is 1.38 bits per heavy atom. The molecule has 0 bridgehead atoms. The van der Waals surface area contributed by atoms with Crippen LogP contribution in [-0.2, 0) is 9.59 Å². The fraction of sp³-hybridized carbons (Fsp3) is 0.556. The van der Waals surface area contributed by atoms with Crippen LogP contribution in [0.1, 0.15) is 32.6 Å². The number of primary amides is 1. The van der Waals surface area contributed by atoms with Gasteiger partial charge in [0.15, 0.2) is 0 Å². The fourth-order valence-electron chi connectivity index (χ4n) is 0.978. The Morgan fingerprint density at radius 3 is 2.38 bits per heavy atom. The summed E-state index contributed by atoms with van der Waals surface area (Å²) in [6, 6.07) is 0. The van der Waals surface area contributed by atoms with Gasteiger partial charge in [0.05, 0.1) is 0 Å². The van der Waals surface area contributed by atoms with Crippen molar-refractivity contribution in [2.45, 2.75) is 32.6 Å². The van der Waals surface area contributed by atoms with E-state index in [-0.39, 0.29) is 5.57 Å². The van der Waals surface area contributed by atoms with Crippen molar-refractivity contribution in [3.8, 4) is 0 Å². The van der Waals surface area contributed by atoms with E-state index in [0.29, 0.717) is 6.42 Å². The fourth-order valence-corrected chi connectivity index (χ4v) is 0.978. The smallest absolute Gasteiger partial charge is 0.331 e. The Balaban J connectivity index is 4.11. The number of aliphatic carboxylic acids is 1. The molecule has 0 aliphatic carbocycles. The molecule has 0 heterocycles. The largest absolute Gasteiger partial charge is 0.478 e. The van der Waals surface area contributed by atoms with Crippen molar-refractivity contribution in [3.63, 3.8) is 0 Å². The second kappa shape index (κ2) is 6.22. The van der Waals surface area contributed by atoms with Crippen molar-refractivity contribution in [2.75, 3.05) is 0 Å². The third-order valence-electron chi connectivity index (χ3n) is 1.64. The van der Waals surface area contributed by atoms with E-state index < -0.39 is 11.9 Å². The lowest BCUT2D eigenvalue weighted by Crippen LogP contribution is -2.11. The molecule has 0 aromatic heterocycles. The molecule has 74 valence electrons. The van der Waals surface area contributed by atoms with Crippen molar-refractivity contribution in [1.82, 2.24) is 0 Å². The third-order valence-corrected chi connectivity index (χ3v) is 1.64. The van der Waals surface area contributed by atoms with Crippen LogP contribution >= 0.6 is 0 Å². The number of nitrogens with two attached hydrogens (primary N) is 1. The minimum Gasteiger partial charge on any atom is -0.478 e. The Morgan fingerprint density at radius 2 is 2.00 bits per heavy atom. The summed E-state index contributed by atoms with van der Waals surface area (Å²) in [5, 5.41) is 8.65. The lowest BCUT2D eigenvalue weighted by molar-refractivity contribution is -0.133. The summed E-state index contributed by atoms with van der Waals surface area (Å²) in [5.74, 6) is -1.76. The SMILES string of the molecule is CCCCCC(=CC(N)=O)C(=O)O. The van der Waals surface area contributed by atoms with Gasteiger partial charge in [-0.05, 0) is 12.8 Å². The first-order chi connectivity index (χ1) is 6.07. The molecule has 0 rings (SSSR count). The number of hydrogen-bond acceptors (Lipinski definition) is 2. The van der Waals surface area contributed by atoms with Gasteiger partial charge in [-0.1, -0.05) is 19.8 Å². The monoisotopic (exact) mass is 185 g/mol. The Hall–Kier alpha value is -1.32. The van der Waals surface area contributed by atoms with Gasteiger partial charge in [0.2, 0.25) is 5.91 Å². The third kappa shape index (κ3) is 5.90. The quantitative estimate of drug-likeness (QED) is 0.479. The molecule has 1 amide bonds. The minimum absolute atomic E-state index is 0.0981. The summed E-state index contributed by atoms with van der Waals surface area (Å²) < 4.78 is 0. The molecule has 4 heteroatoms. The lowest BCUT2D eigenvalue weighted by atomic mass is 10.1. The summed E-state index contributed by atoms with van der Waals surface area (Å²) in [4.78, 5) is 21.0. The second-order valence-corrected chi connectivity index (χ2v) is 2.83. The number of hydrogen-bond donors (Lipinski definition) is 2. The van der Waals surface area contributed by atoms with E-state index in [9.17, 15) is 9.59 Å². The Bertz CT molecular complexity index is 221. The van der Waals surface area contributed by atoms with Gasteiger partial charge in [-0.3, -0.25) is 4.79 Å². The van der Waals surface area contributed by atoms with Gasteiger partial charge in [-0.2, -0.15) is 0 Å². The van der Waals surface area contributed by atoms with E-state index >= 15 is 0 Å². The topological polar surface area (TPSA) is 80.4 Å². The van der Waals surface area contributed by atoms with Crippen LogP contribution in [0, 0.1) is 0 Å². The van der Waals surface area contributed by atoms with E-state index in [1.54, 1.807) is 0 Å². The molecule has 0 spiro atoms. The van der Waals surface area contributed by atoms with Crippen LogP contribution in [0.15, 0.2) is 11.6 Å². The predicted molar refractivity (Wildman–Crippen MR) is 49.1 cm³/mol. The molecule has 0 aromatic rings. The highest BCUT2D eigenvalue weighted by Gasteiger charge is 2.07. The highest BCUT2D eigenvalue weighted by Crippen LogP contribution is 2.08. The molecule has 0 unspecified atom stereocenters. The number of rotatable bonds is 6.